The molecule has 2 aromatic carbocycles. The number of benzene rings is 2. The summed E-state index contributed by atoms with van der Waals surface area (Å²) in [6, 6.07) is 14.3. The van der Waals surface area contributed by atoms with E-state index in [1.54, 1.807) is 0 Å². The van der Waals surface area contributed by atoms with E-state index in [-0.39, 0.29) is 12.0 Å². The van der Waals surface area contributed by atoms with Crippen LogP contribution in [0.15, 0.2) is 42.5 Å². The average Bonchev–Trinajstić information content (AvgIpc) is 2.99. The molecular weight excluding hydrogens is 338 g/mol. The van der Waals surface area contributed by atoms with Gasteiger partial charge in [0.25, 0.3) is 0 Å². The Balaban J connectivity index is 1.42. The van der Waals surface area contributed by atoms with Crippen molar-refractivity contribution in [3.8, 4) is 17.6 Å². The van der Waals surface area contributed by atoms with Crippen LogP contribution in [0.25, 0.3) is 0 Å². The van der Waals surface area contributed by atoms with Gasteiger partial charge in [0.2, 0.25) is 0 Å². The van der Waals surface area contributed by atoms with E-state index in [0.29, 0.717) is 6.61 Å². The Kier molecular flexibility index (Phi) is 4.63. The lowest BCUT2D eigenvalue weighted by Crippen LogP contribution is -2.58. The number of fused-ring (bicyclic) bond motifs is 1. The molecule has 0 saturated carbocycles. The highest BCUT2D eigenvalue weighted by atomic mass is 16.5. The number of hydrogen-bond donors (Lipinski definition) is 1. The minimum Gasteiger partial charge on any atom is -0.494 e. The van der Waals surface area contributed by atoms with Crippen molar-refractivity contribution in [3.05, 3.63) is 64.7 Å². The second-order valence-electron chi connectivity index (χ2n) is 7.58. The molecule has 0 radical (unpaired) electrons. The molecule has 4 rings (SSSR count). The zero-order valence-corrected chi connectivity index (χ0v) is 15.5. The first-order valence-electron chi connectivity index (χ1n) is 9.36. The SMILES string of the molecule is CCOc1ccc(C#Cc2ccc3c(c2)CC2(C3)CN(CC(=O)O)C2)cc1. The maximum Gasteiger partial charge on any atom is 0.317 e. The van der Waals surface area contributed by atoms with Gasteiger partial charge in [0, 0.05) is 29.6 Å². The van der Waals surface area contributed by atoms with Gasteiger partial charge in [0.15, 0.2) is 0 Å². The van der Waals surface area contributed by atoms with Gasteiger partial charge in [-0.15, -0.1) is 0 Å². The zero-order chi connectivity index (χ0) is 18.9. The molecule has 27 heavy (non-hydrogen) atoms. The number of aliphatic carboxylic acids is 1. The van der Waals surface area contributed by atoms with Gasteiger partial charge in [-0.2, -0.15) is 0 Å². The number of carboxylic acids is 1. The summed E-state index contributed by atoms with van der Waals surface area (Å²) in [6.45, 7) is 4.54. The molecule has 0 atom stereocenters. The fourth-order valence-electron chi connectivity index (χ4n) is 4.29. The lowest BCUT2D eigenvalue weighted by Gasteiger charge is -2.47. The molecule has 0 bridgehead atoms. The second-order valence-corrected chi connectivity index (χ2v) is 7.58. The number of carbonyl (C=O) groups is 1. The van der Waals surface area contributed by atoms with Gasteiger partial charge < -0.3 is 9.84 Å². The maximum atomic E-state index is 10.8. The Labute approximate surface area is 159 Å². The Morgan fingerprint density at radius 3 is 2.44 bits per heavy atom. The summed E-state index contributed by atoms with van der Waals surface area (Å²) in [7, 11) is 0. The lowest BCUT2D eigenvalue weighted by molar-refractivity contribution is -0.141. The van der Waals surface area contributed by atoms with Crippen molar-refractivity contribution in [3.63, 3.8) is 0 Å². The molecule has 4 nitrogen and oxygen atoms in total. The van der Waals surface area contributed by atoms with E-state index in [0.717, 1.165) is 42.8 Å². The monoisotopic (exact) mass is 361 g/mol. The van der Waals surface area contributed by atoms with E-state index in [4.69, 9.17) is 9.84 Å². The fraction of sp³-hybridized carbons (Fsp3) is 0.348. The molecule has 1 aliphatic carbocycles. The second kappa shape index (κ2) is 7.09. The van der Waals surface area contributed by atoms with E-state index in [9.17, 15) is 4.79 Å². The van der Waals surface area contributed by atoms with Gasteiger partial charge >= 0.3 is 5.97 Å². The van der Waals surface area contributed by atoms with Crippen molar-refractivity contribution in [1.82, 2.24) is 4.90 Å². The van der Waals surface area contributed by atoms with Crippen LogP contribution in [-0.2, 0) is 17.6 Å². The molecule has 138 valence electrons. The van der Waals surface area contributed by atoms with Crippen molar-refractivity contribution < 1.29 is 14.6 Å². The van der Waals surface area contributed by atoms with Crippen molar-refractivity contribution in [2.24, 2.45) is 5.41 Å². The van der Waals surface area contributed by atoms with Crippen molar-refractivity contribution in [1.29, 1.82) is 0 Å². The minimum absolute atomic E-state index is 0.150. The van der Waals surface area contributed by atoms with Crippen LogP contribution in [0.3, 0.4) is 0 Å². The number of rotatable bonds is 4. The highest BCUT2D eigenvalue weighted by Gasteiger charge is 2.47. The predicted molar refractivity (Wildman–Crippen MR) is 104 cm³/mol. The van der Waals surface area contributed by atoms with Crippen LogP contribution in [0.4, 0.5) is 0 Å². The Hall–Kier alpha value is -2.77. The highest BCUT2D eigenvalue weighted by Crippen LogP contribution is 2.43. The number of hydrogen-bond acceptors (Lipinski definition) is 3. The number of carboxylic acid groups (broad SMARTS) is 1. The molecule has 1 spiro atoms. The summed E-state index contributed by atoms with van der Waals surface area (Å²) in [5.74, 6) is 6.60. The van der Waals surface area contributed by atoms with E-state index < -0.39 is 5.97 Å². The Morgan fingerprint density at radius 2 is 1.74 bits per heavy atom. The van der Waals surface area contributed by atoms with Crippen LogP contribution in [0, 0.1) is 17.3 Å². The Bertz CT molecular complexity index is 915. The van der Waals surface area contributed by atoms with E-state index in [2.05, 4.69) is 30.0 Å². The lowest BCUT2D eigenvalue weighted by atomic mass is 9.77. The summed E-state index contributed by atoms with van der Waals surface area (Å²) in [5, 5.41) is 8.92. The first-order valence-corrected chi connectivity index (χ1v) is 9.36. The van der Waals surface area contributed by atoms with Crippen LogP contribution in [0.2, 0.25) is 0 Å². The van der Waals surface area contributed by atoms with Gasteiger partial charge in [0.1, 0.15) is 5.75 Å². The number of likely N-dealkylation sites (tertiary alicyclic amines) is 1. The molecule has 1 heterocycles. The summed E-state index contributed by atoms with van der Waals surface area (Å²) < 4.78 is 5.45. The van der Waals surface area contributed by atoms with Crippen molar-refractivity contribution in [2.75, 3.05) is 26.2 Å². The van der Waals surface area contributed by atoms with Crippen LogP contribution < -0.4 is 4.74 Å². The molecular formula is C23H23NO3. The number of nitrogens with zero attached hydrogens (tertiary/aromatic N) is 1. The molecule has 2 aliphatic rings. The molecule has 0 aromatic heterocycles. The fourth-order valence-corrected chi connectivity index (χ4v) is 4.29. The molecule has 1 fully saturated rings. The first kappa shape index (κ1) is 17.6. The minimum atomic E-state index is -0.743. The van der Waals surface area contributed by atoms with Crippen molar-refractivity contribution in [2.45, 2.75) is 19.8 Å². The maximum absolute atomic E-state index is 10.8. The van der Waals surface area contributed by atoms with Crippen LogP contribution in [0.5, 0.6) is 5.75 Å². The Morgan fingerprint density at radius 1 is 1.07 bits per heavy atom. The van der Waals surface area contributed by atoms with E-state index in [1.807, 2.05) is 36.1 Å². The average molecular weight is 361 g/mol. The molecule has 0 amide bonds. The molecule has 2 aromatic rings. The third-order valence-corrected chi connectivity index (χ3v) is 5.33. The van der Waals surface area contributed by atoms with E-state index >= 15 is 0 Å². The van der Waals surface area contributed by atoms with E-state index in [1.165, 1.54) is 11.1 Å². The largest absolute Gasteiger partial charge is 0.494 e. The third kappa shape index (κ3) is 3.84. The molecule has 1 aliphatic heterocycles. The summed E-state index contributed by atoms with van der Waals surface area (Å²) >= 11 is 0. The van der Waals surface area contributed by atoms with Gasteiger partial charge in [-0.25, -0.2) is 0 Å². The molecule has 0 unspecified atom stereocenters. The normalized spacial score (nSPS) is 16.9. The highest BCUT2D eigenvalue weighted by molar-refractivity contribution is 5.69. The summed E-state index contributed by atoms with van der Waals surface area (Å²) in [5.41, 5.74) is 4.99. The molecule has 1 saturated heterocycles. The van der Waals surface area contributed by atoms with Crippen LogP contribution in [0.1, 0.15) is 29.2 Å². The zero-order valence-electron chi connectivity index (χ0n) is 15.5. The standard InChI is InChI=1S/C23H23NO3/c1-2-27-21-9-6-17(7-10-21)3-4-18-5-8-19-12-23(13-20(19)11-18)15-24(16-23)14-22(25)26/h5-11H,2,12-16H2,1H3,(H,25,26). The van der Waals surface area contributed by atoms with Gasteiger partial charge in [-0.3, -0.25) is 9.69 Å². The molecule has 4 heteroatoms. The molecule has 1 N–H and O–H groups in total. The smallest absolute Gasteiger partial charge is 0.317 e. The quantitative estimate of drug-likeness (QED) is 0.851. The van der Waals surface area contributed by atoms with Crippen molar-refractivity contribution >= 4 is 5.97 Å². The van der Waals surface area contributed by atoms with Gasteiger partial charge in [-0.05, 0) is 67.3 Å². The summed E-state index contributed by atoms with van der Waals surface area (Å²) in [4.78, 5) is 12.9. The summed E-state index contributed by atoms with van der Waals surface area (Å²) in [6.07, 6.45) is 2.07. The van der Waals surface area contributed by atoms with Crippen LogP contribution in [-0.4, -0.2) is 42.2 Å². The third-order valence-electron chi connectivity index (χ3n) is 5.33. The van der Waals surface area contributed by atoms with Crippen LogP contribution >= 0.6 is 0 Å². The topological polar surface area (TPSA) is 49.8 Å². The first-order chi connectivity index (χ1) is 13.0. The predicted octanol–water partition coefficient (Wildman–Crippen LogP) is 2.97. The van der Waals surface area contributed by atoms with Gasteiger partial charge in [0.05, 0.1) is 13.2 Å². The van der Waals surface area contributed by atoms with Gasteiger partial charge in [-0.1, -0.05) is 17.9 Å². The number of ether oxygens (including phenoxy) is 1.